The first kappa shape index (κ1) is 11.3. The molecule has 0 atom stereocenters. The third-order valence-corrected chi connectivity index (χ3v) is 3.46. The zero-order chi connectivity index (χ0) is 12.2. The predicted molar refractivity (Wildman–Crippen MR) is 72.5 cm³/mol. The topological polar surface area (TPSA) is 35.2 Å². The van der Waals surface area contributed by atoms with Gasteiger partial charge in [0.1, 0.15) is 0 Å². The van der Waals surface area contributed by atoms with E-state index in [9.17, 15) is 0 Å². The first-order chi connectivity index (χ1) is 8.92. The number of hydrogen-bond donors (Lipinski definition) is 1. The summed E-state index contributed by atoms with van der Waals surface area (Å²) in [4.78, 5) is 12.2. The highest BCUT2D eigenvalue weighted by atomic mass is 15.3. The molecule has 2 aromatic heterocycles. The second-order valence-electron chi connectivity index (χ2n) is 4.66. The lowest BCUT2D eigenvalue weighted by atomic mass is 10.2. The van der Waals surface area contributed by atoms with Crippen molar-refractivity contribution in [2.24, 2.45) is 0 Å². The van der Waals surface area contributed by atoms with Gasteiger partial charge in [0.25, 0.3) is 0 Å². The van der Waals surface area contributed by atoms with Crippen molar-refractivity contribution in [1.29, 1.82) is 0 Å². The average molecular weight is 242 g/mol. The number of hydrogen-bond acceptors (Lipinski definition) is 3. The van der Waals surface area contributed by atoms with Gasteiger partial charge in [-0.2, -0.15) is 0 Å². The Bertz CT molecular complexity index is 458. The van der Waals surface area contributed by atoms with Crippen molar-refractivity contribution in [2.45, 2.75) is 6.54 Å². The maximum absolute atomic E-state index is 4.06. The number of aromatic nitrogens is 2. The lowest BCUT2D eigenvalue weighted by Gasteiger charge is -2.35. The summed E-state index contributed by atoms with van der Waals surface area (Å²) in [5.41, 5.74) is 2.58. The molecule has 0 saturated carbocycles. The van der Waals surface area contributed by atoms with Crippen molar-refractivity contribution < 1.29 is 0 Å². The molecule has 3 rings (SSSR count). The molecule has 4 nitrogen and oxygen atoms in total. The van der Waals surface area contributed by atoms with E-state index in [0.717, 1.165) is 32.7 Å². The van der Waals surface area contributed by atoms with Crippen LogP contribution in [-0.4, -0.2) is 41.0 Å². The third kappa shape index (κ3) is 2.54. The zero-order valence-corrected chi connectivity index (χ0v) is 10.4. The van der Waals surface area contributed by atoms with Gasteiger partial charge >= 0.3 is 0 Å². The Morgan fingerprint density at radius 2 is 1.83 bits per heavy atom. The summed E-state index contributed by atoms with van der Waals surface area (Å²) in [6, 6.07) is 8.37. The number of H-pyrrole nitrogens is 1. The van der Waals surface area contributed by atoms with Crippen LogP contribution in [0.4, 0.5) is 5.69 Å². The number of piperazine rings is 1. The fourth-order valence-corrected chi connectivity index (χ4v) is 2.43. The fraction of sp³-hybridized carbons (Fsp3) is 0.357. The Morgan fingerprint density at radius 1 is 1.06 bits per heavy atom. The quantitative estimate of drug-likeness (QED) is 0.890. The molecule has 0 bridgehead atoms. The molecule has 1 N–H and O–H groups in total. The molecule has 0 unspecified atom stereocenters. The highest BCUT2D eigenvalue weighted by Crippen LogP contribution is 2.15. The number of nitrogens with one attached hydrogen (secondary N) is 1. The van der Waals surface area contributed by atoms with Crippen molar-refractivity contribution in [3.8, 4) is 0 Å². The third-order valence-electron chi connectivity index (χ3n) is 3.46. The van der Waals surface area contributed by atoms with Gasteiger partial charge in [-0.1, -0.05) is 0 Å². The molecular formula is C14H18N4. The maximum Gasteiger partial charge on any atom is 0.0397 e. The van der Waals surface area contributed by atoms with Gasteiger partial charge in [-0.05, 0) is 24.3 Å². The van der Waals surface area contributed by atoms with E-state index in [2.05, 4.69) is 44.0 Å². The van der Waals surface area contributed by atoms with E-state index in [1.54, 1.807) is 0 Å². The predicted octanol–water partition coefficient (Wildman–Crippen LogP) is 1.73. The summed E-state index contributed by atoms with van der Waals surface area (Å²) in [5.74, 6) is 0. The van der Waals surface area contributed by atoms with Crippen LogP contribution in [0.3, 0.4) is 0 Å². The second-order valence-corrected chi connectivity index (χ2v) is 4.66. The molecule has 0 radical (unpaired) electrons. The zero-order valence-electron chi connectivity index (χ0n) is 10.4. The van der Waals surface area contributed by atoms with Crippen LogP contribution in [0.1, 0.15) is 5.69 Å². The number of pyridine rings is 1. The Labute approximate surface area is 107 Å². The molecule has 1 saturated heterocycles. The van der Waals surface area contributed by atoms with Crippen LogP contribution >= 0.6 is 0 Å². The lowest BCUT2D eigenvalue weighted by molar-refractivity contribution is 0.247. The monoisotopic (exact) mass is 242 g/mol. The summed E-state index contributed by atoms with van der Waals surface area (Å²) in [6.07, 6.45) is 5.71. The largest absolute Gasteiger partial charge is 0.369 e. The normalized spacial score (nSPS) is 17.0. The van der Waals surface area contributed by atoms with Crippen molar-refractivity contribution >= 4 is 5.69 Å². The smallest absolute Gasteiger partial charge is 0.0397 e. The molecular weight excluding hydrogens is 224 g/mol. The Hall–Kier alpha value is -1.81. The molecule has 18 heavy (non-hydrogen) atoms. The van der Waals surface area contributed by atoms with Crippen LogP contribution in [0.5, 0.6) is 0 Å². The van der Waals surface area contributed by atoms with Crippen LogP contribution in [0.15, 0.2) is 42.9 Å². The Kier molecular flexibility index (Phi) is 3.28. The molecule has 2 aromatic rings. The summed E-state index contributed by atoms with van der Waals surface area (Å²) in [5, 5.41) is 0. The van der Waals surface area contributed by atoms with Crippen molar-refractivity contribution in [3.63, 3.8) is 0 Å². The second kappa shape index (κ2) is 5.23. The number of rotatable bonds is 3. The fourth-order valence-electron chi connectivity index (χ4n) is 2.43. The molecule has 1 aliphatic rings. The Morgan fingerprint density at radius 3 is 2.50 bits per heavy atom. The molecule has 4 heteroatoms. The van der Waals surface area contributed by atoms with E-state index < -0.39 is 0 Å². The van der Waals surface area contributed by atoms with Crippen LogP contribution in [0.25, 0.3) is 0 Å². The molecule has 1 aliphatic heterocycles. The minimum absolute atomic E-state index is 1.02. The summed E-state index contributed by atoms with van der Waals surface area (Å²) in [7, 11) is 0. The van der Waals surface area contributed by atoms with Gasteiger partial charge in [0.2, 0.25) is 0 Å². The van der Waals surface area contributed by atoms with Gasteiger partial charge in [-0.3, -0.25) is 9.88 Å². The van der Waals surface area contributed by atoms with Gasteiger partial charge < -0.3 is 9.88 Å². The summed E-state index contributed by atoms with van der Waals surface area (Å²) in [6.45, 7) is 5.43. The number of aromatic amines is 1. The first-order valence-corrected chi connectivity index (χ1v) is 6.41. The Balaban J connectivity index is 1.55. The first-order valence-electron chi connectivity index (χ1n) is 6.41. The van der Waals surface area contributed by atoms with E-state index in [1.165, 1.54) is 11.4 Å². The molecule has 0 aliphatic carbocycles. The highest BCUT2D eigenvalue weighted by Gasteiger charge is 2.17. The van der Waals surface area contributed by atoms with Crippen LogP contribution in [0.2, 0.25) is 0 Å². The highest BCUT2D eigenvalue weighted by molar-refractivity contribution is 5.44. The van der Waals surface area contributed by atoms with Crippen LogP contribution < -0.4 is 4.90 Å². The van der Waals surface area contributed by atoms with Crippen molar-refractivity contribution in [2.75, 3.05) is 31.1 Å². The lowest BCUT2D eigenvalue weighted by Crippen LogP contribution is -2.46. The minimum Gasteiger partial charge on any atom is -0.369 e. The standard InChI is InChI=1S/C14H18N4/c1-2-13(16-5-1)12-17-8-10-18(11-9-17)14-3-6-15-7-4-14/h1-7,16H,8-12H2. The van der Waals surface area contributed by atoms with Gasteiger partial charge in [0.05, 0.1) is 0 Å². The van der Waals surface area contributed by atoms with E-state index in [0.29, 0.717) is 0 Å². The number of nitrogens with zero attached hydrogens (tertiary/aromatic N) is 3. The van der Waals surface area contributed by atoms with Crippen LogP contribution in [0, 0.1) is 0 Å². The minimum atomic E-state index is 1.02. The van der Waals surface area contributed by atoms with E-state index in [-0.39, 0.29) is 0 Å². The van der Waals surface area contributed by atoms with Gasteiger partial charge in [-0.25, -0.2) is 0 Å². The van der Waals surface area contributed by atoms with Gasteiger partial charge in [0.15, 0.2) is 0 Å². The van der Waals surface area contributed by atoms with Crippen molar-refractivity contribution in [3.05, 3.63) is 48.5 Å². The molecule has 3 heterocycles. The molecule has 0 aromatic carbocycles. The average Bonchev–Trinajstić information content (AvgIpc) is 2.94. The van der Waals surface area contributed by atoms with Crippen molar-refractivity contribution in [1.82, 2.24) is 14.9 Å². The van der Waals surface area contributed by atoms with E-state index >= 15 is 0 Å². The van der Waals surface area contributed by atoms with E-state index in [1.807, 2.05) is 18.6 Å². The molecule has 0 spiro atoms. The molecule has 0 amide bonds. The number of anilines is 1. The SMILES string of the molecule is c1c[nH]c(CN2CCN(c3ccncc3)CC2)c1. The summed E-state index contributed by atoms with van der Waals surface area (Å²) >= 11 is 0. The molecule has 1 fully saturated rings. The summed E-state index contributed by atoms with van der Waals surface area (Å²) < 4.78 is 0. The van der Waals surface area contributed by atoms with Gasteiger partial charge in [0, 0.05) is 62.7 Å². The van der Waals surface area contributed by atoms with Gasteiger partial charge in [-0.15, -0.1) is 0 Å². The maximum atomic E-state index is 4.06. The van der Waals surface area contributed by atoms with Crippen LogP contribution in [-0.2, 0) is 6.54 Å². The molecule has 94 valence electrons. The van der Waals surface area contributed by atoms with E-state index in [4.69, 9.17) is 0 Å².